The zero-order chi connectivity index (χ0) is 15.4. The first-order valence-corrected chi connectivity index (χ1v) is 6.48. The molecular weight excluding hydrogens is 272 g/mol. The average Bonchev–Trinajstić information content (AvgIpc) is 2.63. The number of ether oxygens (including phenoxy) is 2. The lowest BCUT2D eigenvalue weighted by molar-refractivity contribution is -0.138. The summed E-state index contributed by atoms with van der Waals surface area (Å²) in [4.78, 5) is 27.7. The molecule has 0 radical (unpaired) electrons. The van der Waals surface area contributed by atoms with Gasteiger partial charge in [0.1, 0.15) is 5.84 Å². The van der Waals surface area contributed by atoms with Gasteiger partial charge in [0.2, 0.25) is 0 Å². The summed E-state index contributed by atoms with van der Waals surface area (Å²) in [5, 5.41) is 0. The largest absolute Gasteiger partial charge is 0.465 e. The molecule has 2 rings (SSSR count). The second-order valence-corrected chi connectivity index (χ2v) is 4.44. The highest BCUT2D eigenvalue weighted by Crippen LogP contribution is 2.28. The summed E-state index contributed by atoms with van der Waals surface area (Å²) in [7, 11) is 1.31. The van der Waals surface area contributed by atoms with E-state index < -0.39 is 11.9 Å². The minimum Gasteiger partial charge on any atom is -0.465 e. The van der Waals surface area contributed by atoms with Gasteiger partial charge >= 0.3 is 11.9 Å². The second kappa shape index (κ2) is 6.21. The molecule has 0 spiro atoms. The molecule has 0 amide bonds. The van der Waals surface area contributed by atoms with Crippen molar-refractivity contribution in [2.45, 2.75) is 13.3 Å². The first kappa shape index (κ1) is 14.8. The number of hydrogen-bond acceptors (Lipinski definition) is 6. The normalized spacial score (nSPS) is 13.4. The van der Waals surface area contributed by atoms with Gasteiger partial charge in [-0.1, -0.05) is 0 Å². The Kier molecular flexibility index (Phi) is 4.37. The molecule has 0 bridgehead atoms. The van der Waals surface area contributed by atoms with Gasteiger partial charge in [-0.2, -0.15) is 0 Å². The van der Waals surface area contributed by atoms with Crippen LogP contribution >= 0.6 is 0 Å². The molecule has 1 aliphatic heterocycles. The van der Waals surface area contributed by atoms with Gasteiger partial charge in [0.25, 0.3) is 0 Å². The number of esters is 2. The quantitative estimate of drug-likeness (QED) is 0.856. The zero-order valence-electron chi connectivity index (χ0n) is 11.9. The summed E-state index contributed by atoms with van der Waals surface area (Å²) in [5.74, 6) is -0.573. The van der Waals surface area contributed by atoms with Crippen molar-refractivity contribution in [2.24, 2.45) is 10.7 Å². The van der Waals surface area contributed by atoms with Crippen molar-refractivity contribution in [3.63, 3.8) is 0 Å². The number of carbonyl (C=O) groups is 2. The molecule has 6 heteroatoms. The van der Waals surface area contributed by atoms with Crippen LogP contribution in [0.3, 0.4) is 0 Å². The van der Waals surface area contributed by atoms with Crippen molar-refractivity contribution in [3.05, 3.63) is 34.9 Å². The van der Waals surface area contributed by atoms with Gasteiger partial charge in [-0.15, -0.1) is 0 Å². The number of aliphatic imine (C=N–C) groups is 1. The molecule has 2 N–H and O–H groups in total. The number of hydrogen-bond donors (Lipinski definition) is 1. The lowest BCUT2D eigenvalue weighted by Crippen LogP contribution is -2.16. The Bertz CT molecular complexity index is 647. The molecule has 6 nitrogen and oxygen atoms in total. The summed E-state index contributed by atoms with van der Waals surface area (Å²) in [6.45, 7) is 2.01. The lowest BCUT2D eigenvalue weighted by atomic mass is 10.1. The van der Waals surface area contributed by atoms with E-state index in [1.54, 1.807) is 31.2 Å². The molecule has 1 aromatic carbocycles. The van der Waals surface area contributed by atoms with Crippen LogP contribution in [0.5, 0.6) is 0 Å². The van der Waals surface area contributed by atoms with E-state index in [1.807, 2.05) is 0 Å². The van der Waals surface area contributed by atoms with E-state index in [9.17, 15) is 9.59 Å². The Hall–Kier alpha value is -2.63. The standard InChI is InChI=1S/C15H16N2O4/c1-3-21-15(19)11-7-10-6-9(14(18)20-2)4-5-12(10)17-13(16)8-11/h4-7H,3,8H2,1-2H3,(H2,16,17). The van der Waals surface area contributed by atoms with Gasteiger partial charge in [-0.3, -0.25) is 0 Å². The van der Waals surface area contributed by atoms with Gasteiger partial charge in [0.15, 0.2) is 0 Å². The Balaban J connectivity index is 2.48. The van der Waals surface area contributed by atoms with Gasteiger partial charge in [0, 0.05) is 17.6 Å². The maximum Gasteiger partial charge on any atom is 0.337 e. The molecule has 1 heterocycles. The fourth-order valence-electron chi connectivity index (χ4n) is 2.00. The molecule has 1 aliphatic rings. The molecule has 110 valence electrons. The maximum atomic E-state index is 11.9. The lowest BCUT2D eigenvalue weighted by Gasteiger charge is -2.05. The van der Waals surface area contributed by atoms with Crippen LogP contribution < -0.4 is 5.73 Å². The van der Waals surface area contributed by atoms with E-state index in [2.05, 4.69) is 9.73 Å². The van der Waals surface area contributed by atoms with E-state index in [0.29, 0.717) is 28.2 Å². The van der Waals surface area contributed by atoms with Crippen molar-refractivity contribution in [3.8, 4) is 0 Å². The number of nitrogens with zero attached hydrogens (tertiary/aromatic N) is 1. The third-order valence-electron chi connectivity index (χ3n) is 2.95. The second-order valence-electron chi connectivity index (χ2n) is 4.44. The summed E-state index contributed by atoms with van der Waals surface area (Å²) in [6, 6.07) is 4.88. The van der Waals surface area contributed by atoms with E-state index in [0.717, 1.165) is 0 Å². The van der Waals surface area contributed by atoms with E-state index in [-0.39, 0.29) is 13.0 Å². The molecule has 1 aromatic rings. The van der Waals surface area contributed by atoms with Crippen molar-refractivity contribution in [2.75, 3.05) is 13.7 Å². The van der Waals surface area contributed by atoms with Gasteiger partial charge < -0.3 is 15.2 Å². The van der Waals surface area contributed by atoms with Gasteiger partial charge in [0.05, 0.1) is 25.0 Å². The van der Waals surface area contributed by atoms with Crippen LogP contribution in [-0.2, 0) is 14.3 Å². The summed E-state index contributed by atoms with van der Waals surface area (Å²) < 4.78 is 9.67. The highest BCUT2D eigenvalue weighted by atomic mass is 16.5. The van der Waals surface area contributed by atoms with Gasteiger partial charge in [-0.25, -0.2) is 14.6 Å². The molecule has 0 aliphatic carbocycles. The Morgan fingerprint density at radius 1 is 1.33 bits per heavy atom. The van der Waals surface area contributed by atoms with Crippen molar-refractivity contribution in [1.82, 2.24) is 0 Å². The Morgan fingerprint density at radius 3 is 2.76 bits per heavy atom. The number of benzene rings is 1. The first-order valence-electron chi connectivity index (χ1n) is 6.48. The summed E-state index contributed by atoms with van der Waals surface area (Å²) in [5.41, 5.74) is 7.81. The number of methoxy groups -OCH3 is 1. The van der Waals surface area contributed by atoms with Gasteiger partial charge in [-0.05, 0) is 31.2 Å². The monoisotopic (exact) mass is 288 g/mol. The summed E-state index contributed by atoms with van der Waals surface area (Å²) in [6.07, 6.45) is 1.85. The highest BCUT2D eigenvalue weighted by molar-refractivity contribution is 6.03. The maximum absolute atomic E-state index is 11.9. The Labute approximate surface area is 122 Å². The molecule has 21 heavy (non-hydrogen) atoms. The van der Waals surface area contributed by atoms with Crippen LogP contribution in [0.15, 0.2) is 28.8 Å². The number of rotatable bonds is 3. The number of carbonyl (C=O) groups excluding carboxylic acids is 2. The number of nitrogens with two attached hydrogens (primary N) is 1. The van der Waals surface area contributed by atoms with Crippen molar-refractivity contribution in [1.29, 1.82) is 0 Å². The molecule has 0 fully saturated rings. The van der Waals surface area contributed by atoms with Crippen LogP contribution in [0, 0.1) is 0 Å². The predicted octanol–water partition coefficient (Wildman–Crippen LogP) is 1.81. The van der Waals surface area contributed by atoms with Crippen LogP contribution in [0.4, 0.5) is 5.69 Å². The third kappa shape index (κ3) is 3.28. The topological polar surface area (TPSA) is 91.0 Å². The van der Waals surface area contributed by atoms with Crippen molar-refractivity contribution < 1.29 is 19.1 Å². The van der Waals surface area contributed by atoms with Crippen LogP contribution in [0.2, 0.25) is 0 Å². The predicted molar refractivity (Wildman–Crippen MR) is 78.3 cm³/mol. The average molecular weight is 288 g/mol. The molecule has 0 atom stereocenters. The minimum atomic E-state index is -0.454. The smallest absolute Gasteiger partial charge is 0.337 e. The first-order chi connectivity index (χ1) is 10.0. The fraction of sp³-hybridized carbons (Fsp3) is 0.267. The highest BCUT2D eigenvalue weighted by Gasteiger charge is 2.18. The minimum absolute atomic E-state index is 0.209. The molecule has 0 aromatic heterocycles. The molecule has 0 saturated carbocycles. The van der Waals surface area contributed by atoms with Crippen LogP contribution in [-0.4, -0.2) is 31.5 Å². The Morgan fingerprint density at radius 2 is 2.10 bits per heavy atom. The third-order valence-corrected chi connectivity index (χ3v) is 2.95. The zero-order valence-corrected chi connectivity index (χ0v) is 11.9. The fourth-order valence-corrected chi connectivity index (χ4v) is 2.00. The van der Waals surface area contributed by atoms with Crippen molar-refractivity contribution >= 4 is 29.5 Å². The van der Waals surface area contributed by atoms with Crippen LogP contribution in [0.25, 0.3) is 6.08 Å². The molecule has 0 saturated heterocycles. The number of amidine groups is 1. The van der Waals surface area contributed by atoms with E-state index >= 15 is 0 Å². The molecular formula is C15H16N2O4. The van der Waals surface area contributed by atoms with Crippen LogP contribution in [0.1, 0.15) is 29.3 Å². The number of fused-ring (bicyclic) bond motifs is 1. The SMILES string of the molecule is CCOC(=O)C1=Cc2cc(C(=O)OC)ccc2N=C(N)C1. The van der Waals surface area contributed by atoms with E-state index in [1.165, 1.54) is 7.11 Å². The molecule has 0 unspecified atom stereocenters. The van der Waals surface area contributed by atoms with E-state index in [4.69, 9.17) is 10.5 Å². The summed E-state index contributed by atoms with van der Waals surface area (Å²) >= 11 is 0.